The minimum atomic E-state index is -0.111. The van der Waals surface area contributed by atoms with Gasteiger partial charge in [0.1, 0.15) is 0 Å². The van der Waals surface area contributed by atoms with Gasteiger partial charge in [0.05, 0.1) is 13.1 Å². The molecular formula is C23H29N3O2. The van der Waals surface area contributed by atoms with Crippen molar-refractivity contribution in [1.82, 2.24) is 4.90 Å². The summed E-state index contributed by atoms with van der Waals surface area (Å²) in [7, 11) is 1.80. The summed E-state index contributed by atoms with van der Waals surface area (Å²) in [6, 6.07) is 12.3. The highest BCUT2D eigenvalue weighted by Crippen LogP contribution is 2.31. The van der Waals surface area contributed by atoms with Gasteiger partial charge < -0.3 is 10.2 Å². The monoisotopic (exact) mass is 379 g/mol. The molecule has 1 aliphatic heterocycles. The van der Waals surface area contributed by atoms with Crippen LogP contribution in [0.2, 0.25) is 0 Å². The molecule has 0 aliphatic carbocycles. The second-order valence-corrected chi connectivity index (χ2v) is 7.94. The molecule has 5 nitrogen and oxygen atoms in total. The van der Waals surface area contributed by atoms with E-state index in [9.17, 15) is 9.59 Å². The van der Waals surface area contributed by atoms with Crippen molar-refractivity contribution >= 4 is 23.2 Å². The van der Waals surface area contributed by atoms with Crippen LogP contribution >= 0.6 is 0 Å². The number of hydrogen-bond acceptors (Lipinski definition) is 3. The summed E-state index contributed by atoms with van der Waals surface area (Å²) in [6.45, 7) is 8.47. The van der Waals surface area contributed by atoms with Gasteiger partial charge in [-0.25, -0.2) is 0 Å². The Bertz CT molecular complexity index is 883. The Labute approximate surface area is 167 Å². The zero-order chi connectivity index (χ0) is 20.4. The van der Waals surface area contributed by atoms with E-state index in [1.54, 1.807) is 11.9 Å². The van der Waals surface area contributed by atoms with Crippen molar-refractivity contribution < 1.29 is 9.59 Å². The third-order valence-corrected chi connectivity index (χ3v) is 5.24. The number of hydrogen-bond donors (Lipinski definition) is 1. The van der Waals surface area contributed by atoms with E-state index in [2.05, 4.69) is 30.4 Å². The van der Waals surface area contributed by atoms with Gasteiger partial charge in [-0.3, -0.25) is 14.5 Å². The number of carbonyl (C=O) groups excluding carboxylic acids is 2. The van der Waals surface area contributed by atoms with E-state index in [1.165, 1.54) is 11.1 Å². The second-order valence-electron chi connectivity index (χ2n) is 7.94. The van der Waals surface area contributed by atoms with Crippen molar-refractivity contribution in [2.45, 2.75) is 40.2 Å². The number of fused-ring (bicyclic) bond motifs is 1. The zero-order valence-electron chi connectivity index (χ0n) is 17.4. The summed E-state index contributed by atoms with van der Waals surface area (Å²) >= 11 is 0. The molecule has 1 aliphatic rings. The number of para-hydroxylation sites is 1. The van der Waals surface area contributed by atoms with Gasteiger partial charge in [0.15, 0.2) is 0 Å². The first-order valence-electron chi connectivity index (χ1n) is 9.72. The van der Waals surface area contributed by atoms with Gasteiger partial charge in [-0.1, -0.05) is 35.9 Å². The number of benzene rings is 2. The van der Waals surface area contributed by atoms with E-state index in [4.69, 9.17) is 0 Å². The van der Waals surface area contributed by atoms with Crippen molar-refractivity contribution in [2.75, 3.05) is 30.4 Å². The molecule has 0 saturated heterocycles. The molecule has 0 saturated carbocycles. The predicted molar refractivity (Wildman–Crippen MR) is 114 cm³/mol. The average molecular weight is 380 g/mol. The predicted octanol–water partition coefficient (Wildman–Crippen LogP) is 3.46. The second kappa shape index (κ2) is 8.15. The molecule has 1 N–H and O–H groups in total. The van der Waals surface area contributed by atoms with Crippen LogP contribution < -0.4 is 10.2 Å². The van der Waals surface area contributed by atoms with Crippen LogP contribution in [0.15, 0.2) is 36.4 Å². The van der Waals surface area contributed by atoms with Crippen molar-refractivity contribution in [2.24, 2.45) is 0 Å². The van der Waals surface area contributed by atoms with Crippen molar-refractivity contribution in [3.05, 3.63) is 58.7 Å². The molecule has 0 bridgehead atoms. The smallest absolute Gasteiger partial charge is 0.241 e. The van der Waals surface area contributed by atoms with Gasteiger partial charge in [-0.05, 0) is 63.9 Å². The third-order valence-electron chi connectivity index (χ3n) is 5.24. The molecule has 1 heterocycles. The van der Waals surface area contributed by atoms with Crippen LogP contribution in [0.3, 0.4) is 0 Å². The highest BCUT2D eigenvalue weighted by Gasteiger charge is 2.30. The fourth-order valence-corrected chi connectivity index (χ4v) is 4.11. The van der Waals surface area contributed by atoms with Gasteiger partial charge in [-0.15, -0.1) is 0 Å². The Morgan fingerprint density at radius 2 is 1.75 bits per heavy atom. The molecule has 5 heteroatoms. The van der Waals surface area contributed by atoms with Crippen LogP contribution in [0.25, 0.3) is 0 Å². The lowest BCUT2D eigenvalue weighted by Crippen LogP contribution is -2.43. The Kier molecular flexibility index (Phi) is 5.84. The molecule has 0 unspecified atom stereocenters. The fraction of sp³-hybridized carbons (Fsp3) is 0.391. The van der Waals surface area contributed by atoms with Crippen LogP contribution in [-0.2, 0) is 16.0 Å². The Balaban J connectivity index is 1.60. The van der Waals surface area contributed by atoms with Gasteiger partial charge in [0.25, 0.3) is 0 Å². The maximum atomic E-state index is 12.9. The lowest BCUT2D eigenvalue weighted by Gasteiger charge is -2.25. The summed E-state index contributed by atoms with van der Waals surface area (Å²) in [6.07, 6.45) is 0.873. The first-order valence-corrected chi connectivity index (χ1v) is 9.72. The maximum absolute atomic E-state index is 12.9. The van der Waals surface area contributed by atoms with Crippen LogP contribution in [0.1, 0.15) is 29.2 Å². The number of nitrogens with zero attached hydrogens (tertiary/aromatic N) is 2. The van der Waals surface area contributed by atoms with Crippen LogP contribution in [0.4, 0.5) is 11.4 Å². The van der Waals surface area contributed by atoms with E-state index < -0.39 is 0 Å². The summed E-state index contributed by atoms with van der Waals surface area (Å²) in [4.78, 5) is 29.0. The van der Waals surface area contributed by atoms with Gasteiger partial charge in [0, 0.05) is 17.4 Å². The number of nitrogens with one attached hydrogen (secondary N) is 1. The molecular weight excluding hydrogens is 350 g/mol. The van der Waals surface area contributed by atoms with Gasteiger partial charge >= 0.3 is 0 Å². The van der Waals surface area contributed by atoms with E-state index in [-0.39, 0.29) is 30.9 Å². The molecule has 0 fully saturated rings. The number of aryl methyl sites for hydroxylation is 3. The molecule has 0 spiro atoms. The number of rotatable bonds is 5. The lowest BCUT2D eigenvalue weighted by atomic mass is 10.1. The first kappa shape index (κ1) is 20.1. The quantitative estimate of drug-likeness (QED) is 0.866. The molecule has 2 aromatic rings. The minimum absolute atomic E-state index is 0.0236. The molecule has 2 aromatic carbocycles. The number of carbonyl (C=O) groups is 2. The van der Waals surface area contributed by atoms with E-state index in [1.807, 2.05) is 43.9 Å². The summed E-state index contributed by atoms with van der Waals surface area (Å²) in [5, 5.41) is 3.00. The molecule has 28 heavy (non-hydrogen) atoms. The Morgan fingerprint density at radius 1 is 1.11 bits per heavy atom. The van der Waals surface area contributed by atoms with E-state index in [0.717, 1.165) is 28.9 Å². The SMILES string of the molecule is Cc1cc(C)c(NC(=O)CN(C)CC(=O)N2c3ccccc3C[C@@H]2C)c(C)c1. The van der Waals surface area contributed by atoms with Gasteiger partial charge in [0.2, 0.25) is 11.8 Å². The number of anilines is 2. The first-order chi connectivity index (χ1) is 13.3. The molecule has 2 amide bonds. The van der Waals surface area contributed by atoms with Gasteiger partial charge in [-0.2, -0.15) is 0 Å². The highest BCUT2D eigenvalue weighted by molar-refractivity contribution is 5.98. The van der Waals surface area contributed by atoms with Crippen LogP contribution in [-0.4, -0.2) is 42.9 Å². The molecule has 1 atom stereocenters. The average Bonchev–Trinajstić information content (AvgIpc) is 2.93. The van der Waals surface area contributed by atoms with E-state index in [0.29, 0.717) is 0 Å². The van der Waals surface area contributed by atoms with Crippen molar-refractivity contribution in [3.63, 3.8) is 0 Å². The Morgan fingerprint density at radius 3 is 2.43 bits per heavy atom. The lowest BCUT2D eigenvalue weighted by molar-refractivity contribution is -0.121. The largest absolute Gasteiger partial charge is 0.324 e. The molecule has 148 valence electrons. The standard InChI is InChI=1S/C23H29N3O2/c1-15-10-16(2)23(17(3)11-15)24-21(27)13-25(5)14-22(28)26-18(4)12-19-8-6-7-9-20(19)26/h6-11,18H,12-14H2,1-5H3,(H,24,27)/t18-/m0/s1. The van der Waals surface area contributed by atoms with Crippen molar-refractivity contribution in [1.29, 1.82) is 0 Å². The molecule has 0 aromatic heterocycles. The Hall–Kier alpha value is -2.66. The fourth-order valence-electron chi connectivity index (χ4n) is 4.11. The molecule has 3 rings (SSSR count). The zero-order valence-corrected chi connectivity index (χ0v) is 17.4. The summed E-state index contributed by atoms with van der Waals surface area (Å²) < 4.78 is 0. The topological polar surface area (TPSA) is 52.7 Å². The maximum Gasteiger partial charge on any atom is 0.241 e. The number of likely N-dealkylation sites (N-methyl/N-ethyl adjacent to an activating group) is 1. The van der Waals surface area contributed by atoms with E-state index >= 15 is 0 Å². The number of amides is 2. The normalized spacial score (nSPS) is 15.6. The highest BCUT2D eigenvalue weighted by atomic mass is 16.2. The molecule has 0 radical (unpaired) electrons. The summed E-state index contributed by atoms with van der Waals surface area (Å²) in [5.74, 6) is -0.0873. The minimum Gasteiger partial charge on any atom is -0.324 e. The summed E-state index contributed by atoms with van der Waals surface area (Å²) in [5.41, 5.74) is 6.32. The van der Waals surface area contributed by atoms with Crippen LogP contribution in [0.5, 0.6) is 0 Å². The third kappa shape index (κ3) is 4.25. The van der Waals surface area contributed by atoms with Crippen LogP contribution in [0, 0.1) is 20.8 Å². The van der Waals surface area contributed by atoms with Crippen molar-refractivity contribution in [3.8, 4) is 0 Å².